The fraction of sp³-hybridized carbons (Fsp3) is 0. The number of amidine groups is 3. The Morgan fingerprint density at radius 1 is 0.692 bits per heavy atom. The van der Waals surface area contributed by atoms with Crippen molar-refractivity contribution in [3.05, 3.63) is 96.6 Å². The van der Waals surface area contributed by atoms with Crippen LogP contribution in [0.15, 0.2) is 106 Å². The Morgan fingerprint density at radius 3 is 1.92 bits per heavy atom. The van der Waals surface area contributed by atoms with Gasteiger partial charge in [0.05, 0.1) is 11.4 Å². The first-order chi connectivity index (χ1) is 12.8. The molecular weight excluding hydrogens is 326 g/mol. The van der Waals surface area contributed by atoms with Crippen molar-refractivity contribution in [2.24, 2.45) is 15.0 Å². The Bertz CT molecular complexity index is 980. The van der Waals surface area contributed by atoms with Crippen LogP contribution in [0.25, 0.3) is 0 Å². The molecule has 0 fully saturated rings. The van der Waals surface area contributed by atoms with E-state index < -0.39 is 0 Å². The summed E-state index contributed by atoms with van der Waals surface area (Å²) in [5.74, 6) is 1.17. The molecule has 3 aromatic carbocycles. The van der Waals surface area contributed by atoms with Crippen molar-refractivity contribution in [2.75, 3.05) is 5.06 Å². The number of benzene rings is 3. The highest BCUT2D eigenvalue weighted by Crippen LogP contribution is 2.20. The van der Waals surface area contributed by atoms with Crippen LogP contribution >= 0.6 is 0 Å². The van der Waals surface area contributed by atoms with Crippen LogP contribution in [-0.2, 0) is 0 Å². The molecule has 1 aliphatic heterocycles. The average Bonchev–Trinajstić information content (AvgIpc) is 3.13. The molecule has 3 aromatic rings. The van der Waals surface area contributed by atoms with E-state index in [1.807, 2.05) is 78.9 Å². The Balaban J connectivity index is 1.77. The maximum Gasteiger partial charge on any atom is 0.205 e. The van der Waals surface area contributed by atoms with Gasteiger partial charge in [-0.1, -0.05) is 66.7 Å². The van der Waals surface area contributed by atoms with Gasteiger partial charge in [-0.2, -0.15) is 0 Å². The molecule has 0 aliphatic carbocycles. The molecule has 0 unspecified atom stereocenters. The van der Waals surface area contributed by atoms with Gasteiger partial charge in [0.15, 0.2) is 5.84 Å². The first-order valence-corrected chi connectivity index (χ1v) is 8.22. The summed E-state index contributed by atoms with van der Waals surface area (Å²) in [6, 6.07) is 28.3. The number of nitrogens with zero attached hydrogens (tertiary/aromatic N) is 4. The fourth-order valence-corrected chi connectivity index (χ4v) is 2.58. The second-order valence-corrected chi connectivity index (χ2v) is 5.66. The molecule has 0 atom stereocenters. The van der Waals surface area contributed by atoms with E-state index in [0.29, 0.717) is 23.2 Å². The van der Waals surface area contributed by atoms with E-state index in [-0.39, 0.29) is 0 Å². The Morgan fingerprint density at radius 2 is 1.27 bits per heavy atom. The first kappa shape index (κ1) is 15.9. The largest absolute Gasteiger partial charge is 0.282 e. The molecule has 0 spiro atoms. The van der Waals surface area contributed by atoms with Crippen LogP contribution in [0.5, 0.6) is 0 Å². The number of hydrogen-bond acceptors (Lipinski definition) is 4. The highest BCUT2D eigenvalue weighted by Gasteiger charge is 2.25. The minimum Gasteiger partial charge on any atom is -0.282 e. The Hall–Kier alpha value is -3.57. The van der Waals surface area contributed by atoms with Gasteiger partial charge in [-0.25, -0.2) is 20.0 Å². The topological polar surface area (TPSA) is 60.5 Å². The summed E-state index contributed by atoms with van der Waals surface area (Å²) in [7, 11) is 0. The third kappa shape index (κ3) is 3.29. The van der Waals surface area contributed by atoms with Crippen molar-refractivity contribution in [3.63, 3.8) is 0 Å². The molecule has 0 bridgehead atoms. The highest BCUT2D eigenvalue weighted by molar-refractivity contribution is 6.51. The minimum atomic E-state index is 0.291. The zero-order valence-electron chi connectivity index (χ0n) is 13.9. The number of anilines is 1. The lowest BCUT2D eigenvalue weighted by Crippen LogP contribution is -2.31. The van der Waals surface area contributed by atoms with E-state index in [2.05, 4.69) is 15.0 Å². The van der Waals surface area contributed by atoms with Gasteiger partial charge in [0, 0.05) is 5.56 Å². The molecule has 0 saturated heterocycles. The van der Waals surface area contributed by atoms with E-state index in [4.69, 9.17) is 0 Å². The number of para-hydroxylation sites is 2. The fourth-order valence-electron chi connectivity index (χ4n) is 2.58. The molecule has 1 heterocycles. The third-order valence-corrected chi connectivity index (χ3v) is 3.85. The zero-order valence-corrected chi connectivity index (χ0v) is 13.9. The van der Waals surface area contributed by atoms with Gasteiger partial charge in [-0.05, 0) is 24.3 Å². The summed E-state index contributed by atoms with van der Waals surface area (Å²) < 4.78 is 0. The Labute approximate surface area is 151 Å². The van der Waals surface area contributed by atoms with Gasteiger partial charge in [-0.3, -0.25) is 5.21 Å². The number of hydroxylamine groups is 1. The monoisotopic (exact) mass is 342 g/mol. The van der Waals surface area contributed by atoms with Crippen molar-refractivity contribution >= 4 is 28.9 Å². The lowest BCUT2D eigenvalue weighted by molar-refractivity contribution is 0.314. The van der Waals surface area contributed by atoms with Gasteiger partial charge >= 0.3 is 0 Å². The van der Waals surface area contributed by atoms with E-state index in [1.54, 1.807) is 12.1 Å². The van der Waals surface area contributed by atoms with Gasteiger partial charge in [0.1, 0.15) is 0 Å². The average molecular weight is 342 g/mol. The van der Waals surface area contributed by atoms with Gasteiger partial charge < -0.3 is 0 Å². The van der Waals surface area contributed by atoms with Crippen LogP contribution in [0.2, 0.25) is 0 Å². The van der Waals surface area contributed by atoms with Crippen molar-refractivity contribution < 1.29 is 5.21 Å². The van der Waals surface area contributed by atoms with Gasteiger partial charge in [-0.15, -0.1) is 0 Å². The van der Waals surface area contributed by atoms with Crippen LogP contribution in [0.1, 0.15) is 5.56 Å². The number of rotatable bonds is 3. The van der Waals surface area contributed by atoms with Gasteiger partial charge in [0.2, 0.25) is 11.7 Å². The van der Waals surface area contributed by atoms with E-state index in [9.17, 15) is 5.21 Å². The van der Waals surface area contributed by atoms with Crippen molar-refractivity contribution in [2.45, 2.75) is 0 Å². The minimum absolute atomic E-state index is 0.291. The molecule has 0 amide bonds. The summed E-state index contributed by atoms with van der Waals surface area (Å²) >= 11 is 0. The molecule has 26 heavy (non-hydrogen) atoms. The van der Waals surface area contributed by atoms with Crippen LogP contribution < -0.4 is 5.06 Å². The van der Waals surface area contributed by atoms with Crippen molar-refractivity contribution in [3.8, 4) is 0 Å². The maximum atomic E-state index is 10.7. The SMILES string of the molecule is O[15N](C1=NC(c2ccccc2)=NC1=[15N]c1ccccc1)c1ccccc1. The quantitative estimate of drug-likeness (QED) is 0.564. The van der Waals surface area contributed by atoms with Crippen LogP contribution in [0.4, 0.5) is 11.4 Å². The molecule has 4 rings (SSSR count). The van der Waals surface area contributed by atoms with Crippen molar-refractivity contribution in [1.82, 2.24) is 0 Å². The third-order valence-electron chi connectivity index (χ3n) is 3.85. The summed E-state index contributed by atoms with van der Waals surface area (Å²) in [5, 5.41) is 11.7. The van der Waals surface area contributed by atoms with E-state index >= 15 is 0 Å². The molecule has 1 N–H and O–H groups in total. The summed E-state index contributed by atoms with van der Waals surface area (Å²) in [5.41, 5.74) is 2.20. The second kappa shape index (κ2) is 7.13. The summed E-state index contributed by atoms with van der Waals surface area (Å²) in [4.78, 5) is 13.6. The molecule has 0 aromatic heterocycles. The van der Waals surface area contributed by atoms with Gasteiger partial charge in [0.25, 0.3) is 0 Å². The van der Waals surface area contributed by atoms with Crippen LogP contribution in [0, 0.1) is 0 Å². The van der Waals surface area contributed by atoms with E-state index in [0.717, 1.165) is 16.3 Å². The zero-order chi connectivity index (χ0) is 17.8. The van der Waals surface area contributed by atoms with Crippen LogP contribution in [0.3, 0.4) is 0 Å². The smallest absolute Gasteiger partial charge is 0.205 e. The van der Waals surface area contributed by atoms with E-state index in [1.165, 1.54) is 0 Å². The Kier molecular flexibility index (Phi) is 4.37. The lowest BCUT2D eigenvalue weighted by Gasteiger charge is -2.15. The number of aliphatic imine (C=N–C) groups is 3. The molecular formula is C21H16N4O. The molecule has 5 heteroatoms. The summed E-state index contributed by atoms with van der Waals surface area (Å²) in [6.45, 7) is 0. The lowest BCUT2D eigenvalue weighted by atomic mass is 10.2. The predicted molar refractivity (Wildman–Crippen MR) is 105 cm³/mol. The summed E-state index contributed by atoms with van der Waals surface area (Å²) in [6.07, 6.45) is 0. The maximum absolute atomic E-state index is 10.7. The molecule has 126 valence electrons. The molecule has 0 radical (unpaired) electrons. The predicted octanol–water partition coefficient (Wildman–Crippen LogP) is 4.47. The molecule has 0 saturated carbocycles. The first-order valence-electron chi connectivity index (χ1n) is 8.22. The normalized spacial score (nSPS) is 14.9. The highest BCUT2D eigenvalue weighted by atomic mass is 16.8. The van der Waals surface area contributed by atoms with Crippen molar-refractivity contribution in [1.29, 1.82) is 0 Å². The molecule has 5 nitrogen and oxygen atoms in total. The van der Waals surface area contributed by atoms with Crippen LogP contribution in [-0.4, -0.2) is 22.7 Å². The second-order valence-electron chi connectivity index (χ2n) is 5.66. The number of hydrogen-bond donors (Lipinski definition) is 1. The standard InChI is InChI=1S/C21H16N4O/c26-25(18-14-8-3-9-15-18)21-20(22-17-12-6-2-7-13-17)23-19(24-21)16-10-4-1-5-11-16/h1-15,26H/i22+1,25+1. The molecule has 1 aliphatic rings.